The fourth-order valence-electron chi connectivity index (χ4n) is 1.81. The van der Waals surface area contributed by atoms with E-state index in [0.717, 1.165) is 0 Å². The van der Waals surface area contributed by atoms with Crippen molar-refractivity contribution in [2.24, 2.45) is 0 Å². The van der Waals surface area contributed by atoms with E-state index >= 15 is 0 Å². The van der Waals surface area contributed by atoms with Crippen molar-refractivity contribution in [2.75, 3.05) is 25.0 Å². The predicted octanol–water partition coefficient (Wildman–Crippen LogP) is 2.85. The van der Waals surface area contributed by atoms with Crippen LogP contribution in [0.25, 0.3) is 0 Å². The minimum Gasteiger partial charge on any atom is -0.339 e. The van der Waals surface area contributed by atoms with Crippen LogP contribution in [0, 0.1) is 0 Å². The van der Waals surface area contributed by atoms with Gasteiger partial charge in [-0.15, -0.1) is 0 Å². The van der Waals surface area contributed by atoms with E-state index in [0.29, 0.717) is 13.1 Å². The van der Waals surface area contributed by atoms with Crippen LogP contribution in [0.4, 0.5) is 23.7 Å². The molecule has 8 heteroatoms. The van der Waals surface area contributed by atoms with Gasteiger partial charge in [0.15, 0.2) is 0 Å². The summed E-state index contributed by atoms with van der Waals surface area (Å²) in [6, 6.07) is 5.16. The third-order valence-corrected chi connectivity index (χ3v) is 2.91. The molecular formula is C14H18F3N3O2. The monoisotopic (exact) mass is 317 g/mol. The summed E-state index contributed by atoms with van der Waals surface area (Å²) in [5.41, 5.74) is 0.396. The zero-order chi connectivity index (χ0) is 16.8. The lowest BCUT2D eigenvalue weighted by molar-refractivity contribution is -0.122. The highest BCUT2D eigenvalue weighted by atomic mass is 19.4. The predicted molar refractivity (Wildman–Crippen MR) is 76.8 cm³/mol. The molecule has 1 aromatic rings. The molecule has 3 amide bonds. The molecule has 22 heavy (non-hydrogen) atoms. The number of halogens is 3. The molecule has 5 nitrogen and oxygen atoms in total. The summed E-state index contributed by atoms with van der Waals surface area (Å²) < 4.78 is 36.2. The molecular weight excluding hydrogens is 299 g/mol. The Morgan fingerprint density at radius 3 is 2.27 bits per heavy atom. The largest absolute Gasteiger partial charge is 0.405 e. The smallest absolute Gasteiger partial charge is 0.339 e. The molecule has 0 fully saturated rings. The summed E-state index contributed by atoms with van der Waals surface area (Å²) in [5, 5.41) is 3.96. The van der Waals surface area contributed by atoms with Gasteiger partial charge in [-0.3, -0.25) is 4.79 Å². The van der Waals surface area contributed by atoms with E-state index in [2.05, 4.69) is 5.32 Å². The summed E-state index contributed by atoms with van der Waals surface area (Å²) in [7, 11) is 0. The van der Waals surface area contributed by atoms with Crippen molar-refractivity contribution in [3.63, 3.8) is 0 Å². The fraction of sp³-hybridized carbons (Fsp3) is 0.429. The van der Waals surface area contributed by atoms with Gasteiger partial charge >= 0.3 is 12.2 Å². The zero-order valence-electron chi connectivity index (χ0n) is 12.3. The lowest BCUT2D eigenvalue weighted by Gasteiger charge is -2.20. The Kier molecular flexibility index (Phi) is 6.21. The number of alkyl halides is 3. The van der Waals surface area contributed by atoms with Gasteiger partial charge in [0.1, 0.15) is 6.54 Å². The fourth-order valence-corrected chi connectivity index (χ4v) is 1.81. The van der Waals surface area contributed by atoms with E-state index in [9.17, 15) is 22.8 Å². The van der Waals surface area contributed by atoms with Crippen LogP contribution in [0.3, 0.4) is 0 Å². The van der Waals surface area contributed by atoms with Gasteiger partial charge in [-0.25, -0.2) is 4.79 Å². The molecule has 0 heterocycles. The standard InChI is InChI=1S/C14H18F3N3O2/c1-3-20(4-2)12(21)10-7-5-6-8-11(10)19-13(22)18-9-14(15,16)17/h5-8H,3-4,9H2,1-2H3,(H2,18,19,22). The Morgan fingerprint density at radius 2 is 1.73 bits per heavy atom. The lowest BCUT2D eigenvalue weighted by Crippen LogP contribution is -2.37. The number of carbonyl (C=O) groups excluding carboxylic acids is 2. The molecule has 0 atom stereocenters. The topological polar surface area (TPSA) is 61.4 Å². The normalized spacial score (nSPS) is 11.0. The highest BCUT2D eigenvalue weighted by Crippen LogP contribution is 2.18. The molecule has 0 unspecified atom stereocenters. The van der Waals surface area contributed by atoms with Crippen LogP contribution in [0.5, 0.6) is 0 Å². The van der Waals surface area contributed by atoms with Crippen molar-refractivity contribution >= 4 is 17.6 Å². The van der Waals surface area contributed by atoms with Gasteiger partial charge < -0.3 is 15.5 Å². The van der Waals surface area contributed by atoms with E-state index in [-0.39, 0.29) is 17.2 Å². The summed E-state index contributed by atoms with van der Waals surface area (Å²) in [4.78, 5) is 25.3. The quantitative estimate of drug-likeness (QED) is 0.877. The summed E-state index contributed by atoms with van der Waals surface area (Å²) >= 11 is 0. The molecule has 2 N–H and O–H groups in total. The van der Waals surface area contributed by atoms with Crippen LogP contribution < -0.4 is 10.6 Å². The number of anilines is 1. The number of hydrogen-bond donors (Lipinski definition) is 2. The summed E-state index contributed by atoms with van der Waals surface area (Å²) in [5.74, 6) is -0.295. The highest BCUT2D eigenvalue weighted by molar-refractivity contribution is 6.03. The molecule has 0 aromatic heterocycles. The number of para-hydroxylation sites is 1. The van der Waals surface area contributed by atoms with Crippen LogP contribution in [-0.2, 0) is 0 Å². The Morgan fingerprint density at radius 1 is 1.14 bits per heavy atom. The van der Waals surface area contributed by atoms with Crippen molar-refractivity contribution in [1.82, 2.24) is 10.2 Å². The zero-order valence-corrected chi connectivity index (χ0v) is 12.3. The van der Waals surface area contributed by atoms with Gasteiger partial charge in [0.2, 0.25) is 0 Å². The first-order chi connectivity index (χ1) is 10.3. The molecule has 1 rings (SSSR count). The number of urea groups is 1. The Bertz CT molecular complexity index is 528. The van der Waals surface area contributed by atoms with E-state index in [1.807, 2.05) is 13.8 Å². The first-order valence-corrected chi connectivity index (χ1v) is 6.78. The second-order valence-corrected chi connectivity index (χ2v) is 4.45. The van der Waals surface area contributed by atoms with Crippen LogP contribution in [0.15, 0.2) is 24.3 Å². The lowest BCUT2D eigenvalue weighted by atomic mass is 10.1. The van der Waals surface area contributed by atoms with E-state index < -0.39 is 18.8 Å². The minimum atomic E-state index is -4.49. The minimum absolute atomic E-state index is 0.166. The molecule has 0 saturated heterocycles. The SMILES string of the molecule is CCN(CC)C(=O)c1ccccc1NC(=O)NCC(F)(F)F. The Labute approximate surface area is 126 Å². The molecule has 1 aromatic carbocycles. The third-order valence-electron chi connectivity index (χ3n) is 2.91. The number of nitrogens with zero attached hydrogens (tertiary/aromatic N) is 1. The first-order valence-electron chi connectivity index (χ1n) is 6.78. The molecule has 0 bridgehead atoms. The maximum absolute atomic E-state index is 12.3. The van der Waals surface area contributed by atoms with Gasteiger partial charge in [0.05, 0.1) is 11.3 Å². The van der Waals surface area contributed by atoms with Crippen molar-refractivity contribution in [2.45, 2.75) is 20.0 Å². The number of benzene rings is 1. The molecule has 122 valence electrons. The molecule has 0 spiro atoms. The second-order valence-electron chi connectivity index (χ2n) is 4.45. The second kappa shape index (κ2) is 7.67. The van der Waals surface area contributed by atoms with Gasteiger partial charge in [-0.05, 0) is 26.0 Å². The first kappa shape index (κ1) is 17.8. The Balaban J connectivity index is 2.84. The van der Waals surface area contributed by atoms with Crippen molar-refractivity contribution in [3.8, 4) is 0 Å². The van der Waals surface area contributed by atoms with Crippen LogP contribution >= 0.6 is 0 Å². The highest BCUT2D eigenvalue weighted by Gasteiger charge is 2.28. The summed E-state index contributed by atoms with van der Waals surface area (Å²) in [6.07, 6.45) is -4.49. The maximum atomic E-state index is 12.3. The van der Waals surface area contributed by atoms with Crippen LogP contribution in [0.2, 0.25) is 0 Å². The van der Waals surface area contributed by atoms with Gasteiger partial charge in [0, 0.05) is 13.1 Å². The molecule has 0 radical (unpaired) electrons. The maximum Gasteiger partial charge on any atom is 0.405 e. The van der Waals surface area contributed by atoms with E-state index in [1.165, 1.54) is 12.1 Å². The molecule has 0 aliphatic carbocycles. The van der Waals surface area contributed by atoms with E-state index in [1.54, 1.807) is 22.3 Å². The molecule has 0 aliphatic rings. The average Bonchev–Trinajstić information content (AvgIpc) is 2.46. The van der Waals surface area contributed by atoms with Gasteiger partial charge in [0.25, 0.3) is 5.91 Å². The van der Waals surface area contributed by atoms with Crippen LogP contribution in [-0.4, -0.2) is 42.6 Å². The third kappa shape index (κ3) is 5.27. The van der Waals surface area contributed by atoms with Crippen molar-refractivity contribution in [1.29, 1.82) is 0 Å². The number of hydrogen-bond acceptors (Lipinski definition) is 2. The Hall–Kier alpha value is -2.25. The van der Waals surface area contributed by atoms with Crippen LogP contribution in [0.1, 0.15) is 24.2 Å². The van der Waals surface area contributed by atoms with Gasteiger partial charge in [-0.2, -0.15) is 13.2 Å². The van der Waals surface area contributed by atoms with Crippen molar-refractivity contribution < 1.29 is 22.8 Å². The number of carbonyl (C=O) groups is 2. The number of amides is 3. The van der Waals surface area contributed by atoms with E-state index in [4.69, 9.17) is 0 Å². The van der Waals surface area contributed by atoms with Gasteiger partial charge in [-0.1, -0.05) is 12.1 Å². The number of nitrogens with one attached hydrogen (secondary N) is 2. The van der Waals surface area contributed by atoms with Crippen molar-refractivity contribution in [3.05, 3.63) is 29.8 Å². The molecule has 0 saturated carbocycles. The number of rotatable bonds is 5. The summed E-state index contributed by atoms with van der Waals surface area (Å²) in [6.45, 7) is 3.17. The average molecular weight is 317 g/mol. The molecule has 0 aliphatic heterocycles.